The number of para-hydroxylation sites is 1. The molecular formula is C24H33N3O. The predicted octanol–water partition coefficient (Wildman–Crippen LogP) is 4.13. The molecule has 2 aromatic rings. The van der Waals surface area contributed by atoms with Crippen LogP contribution in [0.4, 0.5) is 5.69 Å². The Morgan fingerprint density at radius 3 is 2.18 bits per heavy atom. The summed E-state index contributed by atoms with van der Waals surface area (Å²) < 4.78 is 0. The molecule has 1 aliphatic rings. The van der Waals surface area contributed by atoms with Crippen LogP contribution >= 0.6 is 0 Å². The molecule has 4 heteroatoms. The third kappa shape index (κ3) is 5.91. The zero-order chi connectivity index (χ0) is 20.0. The molecule has 1 N–H and O–H groups in total. The van der Waals surface area contributed by atoms with Crippen molar-refractivity contribution in [3.8, 4) is 0 Å². The molecular weight excluding hydrogens is 346 g/mol. The van der Waals surface area contributed by atoms with E-state index in [0.29, 0.717) is 6.42 Å². The fourth-order valence-corrected chi connectivity index (χ4v) is 3.73. The average Bonchev–Trinajstić information content (AvgIpc) is 2.68. The van der Waals surface area contributed by atoms with Gasteiger partial charge in [-0.15, -0.1) is 0 Å². The van der Waals surface area contributed by atoms with Crippen LogP contribution in [0, 0.1) is 0 Å². The third-order valence-electron chi connectivity index (χ3n) is 5.38. The molecule has 1 fully saturated rings. The maximum absolute atomic E-state index is 12.5. The standard InChI is InChI=1S/C24H33N3O/c1-24(2,3)21-11-7-8-12-22(21)25-23(28)13-14-26-15-17-27(18-16-26)19-20-9-5-4-6-10-20/h4-12H,13-19H2,1-3H3,(H,25,28). The van der Waals surface area contributed by atoms with Crippen LogP contribution < -0.4 is 5.32 Å². The molecule has 0 atom stereocenters. The monoisotopic (exact) mass is 379 g/mol. The number of benzene rings is 2. The zero-order valence-electron chi connectivity index (χ0n) is 17.4. The van der Waals surface area contributed by atoms with E-state index in [0.717, 1.165) is 45.0 Å². The van der Waals surface area contributed by atoms with Gasteiger partial charge in [-0.25, -0.2) is 0 Å². The molecule has 0 aromatic heterocycles. The van der Waals surface area contributed by atoms with Crippen LogP contribution in [0.15, 0.2) is 54.6 Å². The van der Waals surface area contributed by atoms with E-state index in [9.17, 15) is 4.79 Å². The predicted molar refractivity (Wildman–Crippen MR) is 117 cm³/mol. The molecule has 150 valence electrons. The maximum Gasteiger partial charge on any atom is 0.225 e. The molecule has 0 unspecified atom stereocenters. The van der Waals surface area contributed by atoms with E-state index < -0.39 is 0 Å². The number of hydrogen-bond acceptors (Lipinski definition) is 3. The first kappa shape index (κ1) is 20.6. The topological polar surface area (TPSA) is 35.6 Å². The summed E-state index contributed by atoms with van der Waals surface area (Å²) >= 11 is 0. The fraction of sp³-hybridized carbons (Fsp3) is 0.458. The van der Waals surface area contributed by atoms with Gasteiger partial charge in [0.1, 0.15) is 0 Å². The summed E-state index contributed by atoms with van der Waals surface area (Å²) in [5, 5.41) is 3.12. The molecule has 0 spiro atoms. The Morgan fingerprint density at radius 1 is 0.893 bits per heavy atom. The normalized spacial score (nSPS) is 16.1. The number of nitrogens with one attached hydrogen (secondary N) is 1. The maximum atomic E-state index is 12.5. The van der Waals surface area contributed by atoms with Gasteiger partial charge in [-0.2, -0.15) is 0 Å². The van der Waals surface area contributed by atoms with Crippen LogP contribution in [0.1, 0.15) is 38.3 Å². The SMILES string of the molecule is CC(C)(C)c1ccccc1NC(=O)CCN1CCN(Cc2ccccc2)CC1. The third-order valence-corrected chi connectivity index (χ3v) is 5.38. The zero-order valence-corrected chi connectivity index (χ0v) is 17.4. The number of carbonyl (C=O) groups is 1. The quantitative estimate of drug-likeness (QED) is 0.820. The van der Waals surface area contributed by atoms with Crippen LogP contribution in [0.3, 0.4) is 0 Å². The van der Waals surface area contributed by atoms with E-state index in [1.54, 1.807) is 0 Å². The molecule has 1 amide bonds. The highest BCUT2D eigenvalue weighted by atomic mass is 16.1. The molecule has 1 saturated heterocycles. The Morgan fingerprint density at radius 2 is 1.50 bits per heavy atom. The van der Waals surface area contributed by atoms with Crippen LogP contribution in [0.2, 0.25) is 0 Å². The second kappa shape index (κ2) is 9.35. The lowest BCUT2D eigenvalue weighted by Crippen LogP contribution is -2.46. The summed E-state index contributed by atoms with van der Waals surface area (Å²) in [5.41, 5.74) is 3.50. The number of rotatable bonds is 6. The van der Waals surface area contributed by atoms with Crippen LogP contribution in [0.5, 0.6) is 0 Å². The van der Waals surface area contributed by atoms with Crippen LogP contribution in [0.25, 0.3) is 0 Å². The van der Waals surface area contributed by atoms with Gasteiger partial charge < -0.3 is 10.2 Å². The van der Waals surface area contributed by atoms with E-state index in [4.69, 9.17) is 0 Å². The summed E-state index contributed by atoms with van der Waals surface area (Å²) in [5.74, 6) is 0.100. The van der Waals surface area contributed by atoms with Crippen molar-refractivity contribution < 1.29 is 4.79 Å². The van der Waals surface area contributed by atoms with Crippen molar-refractivity contribution in [2.45, 2.75) is 39.2 Å². The molecule has 4 nitrogen and oxygen atoms in total. The minimum atomic E-state index is 0.0129. The lowest BCUT2D eigenvalue weighted by Gasteiger charge is -2.34. The minimum Gasteiger partial charge on any atom is -0.326 e. The second-order valence-electron chi connectivity index (χ2n) is 8.70. The van der Waals surface area contributed by atoms with Gasteiger partial charge in [-0.05, 0) is 22.6 Å². The van der Waals surface area contributed by atoms with Gasteiger partial charge in [0, 0.05) is 51.4 Å². The van der Waals surface area contributed by atoms with Crippen molar-refractivity contribution >= 4 is 11.6 Å². The number of carbonyl (C=O) groups excluding carboxylic acids is 1. The molecule has 1 heterocycles. The number of nitrogens with zero attached hydrogens (tertiary/aromatic N) is 2. The Kier molecular flexibility index (Phi) is 6.87. The van der Waals surface area contributed by atoms with Crippen molar-refractivity contribution in [2.75, 3.05) is 38.0 Å². The molecule has 0 aliphatic carbocycles. The van der Waals surface area contributed by atoms with Crippen molar-refractivity contribution in [1.29, 1.82) is 0 Å². The van der Waals surface area contributed by atoms with Crippen molar-refractivity contribution in [2.24, 2.45) is 0 Å². The molecule has 1 aliphatic heterocycles. The molecule has 3 rings (SSSR count). The first-order valence-electron chi connectivity index (χ1n) is 10.3. The Bertz CT molecular complexity index is 759. The van der Waals surface area contributed by atoms with Gasteiger partial charge in [-0.1, -0.05) is 69.3 Å². The molecule has 0 bridgehead atoms. The summed E-state index contributed by atoms with van der Waals surface area (Å²) in [4.78, 5) is 17.4. The van der Waals surface area contributed by atoms with Crippen molar-refractivity contribution in [3.63, 3.8) is 0 Å². The van der Waals surface area contributed by atoms with Crippen molar-refractivity contribution in [1.82, 2.24) is 9.80 Å². The van der Waals surface area contributed by atoms with E-state index in [1.165, 1.54) is 11.1 Å². The van der Waals surface area contributed by atoms with Gasteiger partial charge in [0.25, 0.3) is 0 Å². The molecule has 28 heavy (non-hydrogen) atoms. The Hall–Kier alpha value is -2.17. The van der Waals surface area contributed by atoms with E-state index in [1.807, 2.05) is 18.2 Å². The number of hydrogen-bond donors (Lipinski definition) is 1. The fourth-order valence-electron chi connectivity index (χ4n) is 3.73. The highest BCUT2D eigenvalue weighted by molar-refractivity contribution is 5.91. The molecule has 0 saturated carbocycles. The highest BCUT2D eigenvalue weighted by Crippen LogP contribution is 2.29. The van der Waals surface area contributed by atoms with Crippen LogP contribution in [-0.2, 0) is 16.8 Å². The summed E-state index contributed by atoms with van der Waals surface area (Å²) in [6.45, 7) is 12.5. The van der Waals surface area contributed by atoms with Gasteiger partial charge in [0.05, 0.1) is 0 Å². The second-order valence-corrected chi connectivity index (χ2v) is 8.70. The number of piperazine rings is 1. The summed E-state index contributed by atoms with van der Waals surface area (Å²) in [7, 11) is 0. The van der Waals surface area contributed by atoms with Crippen LogP contribution in [-0.4, -0.2) is 48.4 Å². The first-order chi connectivity index (χ1) is 13.4. The Balaban J connectivity index is 1.43. The first-order valence-corrected chi connectivity index (χ1v) is 10.3. The number of amides is 1. The lowest BCUT2D eigenvalue weighted by molar-refractivity contribution is -0.116. The van der Waals surface area contributed by atoms with E-state index >= 15 is 0 Å². The largest absolute Gasteiger partial charge is 0.326 e. The van der Waals surface area contributed by atoms with Gasteiger partial charge in [0.15, 0.2) is 0 Å². The van der Waals surface area contributed by atoms with E-state index in [2.05, 4.69) is 72.3 Å². The van der Waals surface area contributed by atoms with Gasteiger partial charge in [0.2, 0.25) is 5.91 Å². The van der Waals surface area contributed by atoms with Gasteiger partial charge in [-0.3, -0.25) is 9.69 Å². The minimum absolute atomic E-state index is 0.0129. The lowest BCUT2D eigenvalue weighted by atomic mass is 9.86. The van der Waals surface area contributed by atoms with Crippen molar-refractivity contribution in [3.05, 3.63) is 65.7 Å². The Labute approximate surface area is 169 Å². The highest BCUT2D eigenvalue weighted by Gasteiger charge is 2.20. The summed E-state index contributed by atoms with van der Waals surface area (Å²) in [6.07, 6.45) is 0.539. The van der Waals surface area contributed by atoms with Gasteiger partial charge >= 0.3 is 0 Å². The summed E-state index contributed by atoms with van der Waals surface area (Å²) in [6, 6.07) is 18.7. The average molecular weight is 380 g/mol. The molecule has 0 radical (unpaired) electrons. The number of anilines is 1. The smallest absolute Gasteiger partial charge is 0.225 e. The molecule has 2 aromatic carbocycles. The van der Waals surface area contributed by atoms with E-state index in [-0.39, 0.29) is 11.3 Å².